The number of benzene rings is 2. The second kappa shape index (κ2) is 7.55. The van der Waals surface area contributed by atoms with E-state index >= 15 is 0 Å². The Kier molecular flexibility index (Phi) is 5.36. The number of nitrogens with two attached hydrogens (primary N) is 1. The van der Waals surface area contributed by atoms with E-state index in [9.17, 15) is 18.0 Å². The van der Waals surface area contributed by atoms with Crippen molar-refractivity contribution >= 4 is 50.6 Å². The van der Waals surface area contributed by atoms with Gasteiger partial charge in [-0.1, -0.05) is 11.6 Å². The van der Waals surface area contributed by atoms with Crippen LogP contribution in [0.15, 0.2) is 47.4 Å². The average Bonchev–Trinajstić information content (AvgIpc) is 3.00. The highest BCUT2D eigenvalue weighted by Gasteiger charge is 2.23. The Balaban J connectivity index is 1.66. The summed E-state index contributed by atoms with van der Waals surface area (Å²) in [7, 11) is -3.79. The van der Waals surface area contributed by atoms with Crippen molar-refractivity contribution in [2.75, 3.05) is 22.1 Å². The minimum Gasteiger partial charge on any atom is -0.311 e. The number of carbonyl (C=O) groups excluding carboxylic acids is 2. The second-order valence-electron chi connectivity index (χ2n) is 5.96. The molecule has 0 aromatic heterocycles. The van der Waals surface area contributed by atoms with Crippen LogP contribution in [0.1, 0.15) is 12.8 Å². The Morgan fingerprint density at radius 1 is 1.07 bits per heavy atom. The molecule has 2 aromatic carbocycles. The molecule has 0 radical (unpaired) electrons. The lowest BCUT2D eigenvalue weighted by Crippen LogP contribution is -2.24. The van der Waals surface area contributed by atoms with Crippen molar-refractivity contribution in [1.82, 2.24) is 0 Å². The smallest absolute Gasteiger partial charge is 0.311 e. The van der Waals surface area contributed by atoms with Gasteiger partial charge in [-0.2, -0.15) is 0 Å². The third-order valence-corrected chi connectivity index (χ3v) is 5.24. The van der Waals surface area contributed by atoms with E-state index in [2.05, 4.69) is 10.6 Å². The van der Waals surface area contributed by atoms with Crippen LogP contribution in [0.2, 0.25) is 5.02 Å². The highest BCUT2D eigenvalue weighted by atomic mass is 35.5. The third kappa shape index (κ3) is 4.57. The van der Waals surface area contributed by atoms with Crippen molar-refractivity contribution in [2.24, 2.45) is 5.14 Å². The van der Waals surface area contributed by atoms with Crippen molar-refractivity contribution in [3.8, 4) is 0 Å². The lowest BCUT2D eigenvalue weighted by molar-refractivity contribution is -0.117. The number of urea groups is 1. The highest BCUT2D eigenvalue weighted by molar-refractivity contribution is 7.89. The molecule has 0 bridgehead atoms. The molecule has 3 rings (SSSR count). The monoisotopic (exact) mass is 408 g/mol. The topological polar surface area (TPSA) is 122 Å². The summed E-state index contributed by atoms with van der Waals surface area (Å²) in [4.78, 5) is 25.5. The molecule has 142 valence electrons. The van der Waals surface area contributed by atoms with Gasteiger partial charge in [0.25, 0.3) is 0 Å². The van der Waals surface area contributed by atoms with Gasteiger partial charge in [0.1, 0.15) is 0 Å². The van der Waals surface area contributed by atoms with E-state index in [0.29, 0.717) is 35.1 Å². The number of hydrogen-bond acceptors (Lipinski definition) is 4. The number of anilines is 3. The molecule has 3 amide bonds. The van der Waals surface area contributed by atoms with Crippen LogP contribution in [0.3, 0.4) is 0 Å². The van der Waals surface area contributed by atoms with Crippen molar-refractivity contribution < 1.29 is 18.0 Å². The first kappa shape index (κ1) is 19.2. The van der Waals surface area contributed by atoms with E-state index in [1.54, 1.807) is 23.1 Å². The molecule has 0 aliphatic carbocycles. The lowest BCUT2D eigenvalue weighted by Gasteiger charge is -2.18. The Morgan fingerprint density at radius 2 is 1.70 bits per heavy atom. The van der Waals surface area contributed by atoms with Gasteiger partial charge in [-0.05, 0) is 48.9 Å². The molecule has 0 unspecified atom stereocenters. The molecule has 1 saturated heterocycles. The van der Waals surface area contributed by atoms with E-state index < -0.39 is 16.1 Å². The number of carbonyl (C=O) groups is 2. The lowest BCUT2D eigenvalue weighted by atomic mass is 10.2. The highest BCUT2D eigenvalue weighted by Crippen LogP contribution is 2.31. The van der Waals surface area contributed by atoms with Crippen LogP contribution in [-0.2, 0) is 14.8 Å². The number of hydrogen-bond donors (Lipinski definition) is 3. The number of rotatable bonds is 4. The van der Waals surface area contributed by atoms with Gasteiger partial charge in [0.2, 0.25) is 15.9 Å². The van der Waals surface area contributed by atoms with Crippen molar-refractivity contribution in [3.05, 3.63) is 47.5 Å². The van der Waals surface area contributed by atoms with Crippen LogP contribution < -0.4 is 20.7 Å². The summed E-state index contributed by atoms with van der Waals surface area (Å²) in [6.45, 7) is 0.625. The molecule has 8 nitrogen and oxygen atoms in total. The molecule has 1 aliphatic rings. The first-order chi connectivity index (χ1) is 12.7. The zero-order valence-electron chi connectivity index (χ0n) is 14.1. The standard InChI is InChI=1S/C17H17ClN4O4S/c18-14-10-12(5-8-15(14)22-9-1-2-16(22)23)21-17(24)20-11-3-6-13(7-4-11)27(19,25)26/h3-8,10H,1-2,9H2,(H2,19,25,26)(H2,20,21,24). The van der Waals surface area contributed by atoms with Gasteiger partial charge in [-0.3, -0.25) is 4.79 Å². The van der Waals surface area contributed by atoms with Crippen LogP contribution in [0.25, 0.3) is 0 Å². The summed E-state index contributed by atoms with van der Waals surface area (Å²) in [5.74, 6) is 0.0262. The zero-order chi connectivity index (χ0) is 19.6. The molecule has 10 heteroatoms. The molecule has 0 spiro atoms. The second-order valence-corrected chi connectivity index (χ2v) is 7.93. The Hall–Kier alpha value is -2.62. The average molecular weight is 409 g/mol. The van der Waals surface area contributed by atoms with Crippen LogP contribution in [0.5, 0.6) is 0 Å². The summed E-state index contributed by atoms with van der Waals surface area (Å²) in [5.41, 5.74) is 1.46. The normalized spacial score (nSPS) is 14.3. The Labute approximate surface area is 161 Å². The minimum atomic E-state index is -3.79. The molecular formula is C17H17ClN4O4S. The van der Waals surface area contributed by atoms with Crippen molar-refractivity contribution in [1.29, 1.82) is 0 Å². The quantitative estimate of drug-likeness (QED) is 0.719. The summed E-state index contributed by atoms with van der Waals surface area (Å²) in [6, 6.07) is 9.81. The SMILES string of the molecule is NS(=O)(=O)c1ccc(NC(=O)Nc2ccc(N3CCCC3=O)c(Cl)c2)cc1. The zero-order valence-corrected chi connectivity index (χ0v) is 15.7. The fourth-order valence-electron chi connectivity index (χ4n) is 2.73. The van der Waals surface area contributed by atoms with Gasteiger partial charge in [0.15, 0.2) is 0 Å². The predicted octanol–water partition coefficient (Wildman–Crippen LogP) is 2.76. The predicted molar refractivity (Wildman–Crippen MR) is 103 cm³/mol. The van der Waals surface area contributed by atoms with Crippen LogP contribution in [-0.4, -0.2) is 26.9 Å². The molecule has 1 fully saturated rings. The van der Waals surface area contributed by atoms with Gasteiger partial charge in [-0.25, -0.2) is 18.4 Å². The maximum Gasteiger partial charge on any atom is 0.323 e. The largest absolute Gasteiger partial charge is 0.323 e. The molecule has 2 aromatic rings. The summed E-state index contributed by atoms with van der Waals surface area (Å²) < 4.78 is 22.4. The van der Waals surface area contributed by atoms with Crippen molar-refractivity contribution in [2.45, 2.75) is 17.7 Å². The number of nitrogens with zero attached hydrogens (tertiary/aromatic N) is 1. The number of amides is 3. The maximum absolute atomic E-state index is 12.1. The van der Waals surface area contributed by atoms with Gasteiger partial charge < -0.3 is 15.5 Å². The fraction of sp³-hybridized carbons (Fsp3) is 0.176. The molecule has 4 N–H and O–H groups in total. The number of nitrogens with one attached hydrogen (secondary N) is 2. The third-order valence-electron chi connectivity index (χ3n) is 4.01. The summed E-state index contributed by atoms with van der Waals surface area (Å²) in [6.07, 6.45) is 1.30. The molecular weight excluding hydrogens is 392 g/mol. The van der Waals surface area contributed by atoms with Crippen LogP contribution in [0, 0.1) is 0 Å². The van der Waals surface area contributed by atoms with Gasteiger partial charge >= 0.3 is 6.03 Å². The van der Waals surface area contributed by atoms with Gasteiger partial charge in [-0.15, -0.1) is 0 Å². The molecule has 0 atom stereocenters. The Bertz CT molecular complexity index is 992. The molecule has 27 heavy (non-hydrogen) atoms. The Morgan fingerprint density at radius 3 is 2.26 bits per heavy atom. The van der Waals surface area contributed by atoms with E-state index in [-0.39, 0.29) is 10.8 Å². The van der Waals surface area contributed by atoms with Crippen LogP contribution >= 0.6 is 11.6 Å². The van der Waals surface area contributed by atoms with Crippen LogP contribution in [0.4, 0.5) is 21.9 Å². The molecule has 0 saturated carbocycles. The first-order valence-electron chi connectivity index (χ1n) is 8.05. The number of sulfonamides is 1. The number of primary sulfonamides is 1. The first-order valence-corrected chi connectivity index (χ1v) is 9.97. The molecule has 1 aliphatic heterocycles. The maximum atomic E-state index is 12.1. The van der Waals surface area contributed by atoms with E-state index in [4.69, 9.17) is 16.7 Å². The summed E-state index contributed by atoms with van der Waals surface area (Å²) in [5, 5.41) is 10.6. The van der Waals surface area contributed by atoms with E-state index in [0.717, 1.165) is 6.42 Å². The summed E-state index contributed by atoms with van der Waals surface area (Å²) >= 11 is 6.24. The fourth-order valence-corrected chi connectivity index (χ4v) is 3.53. The van der Waals surface area contributed by atoms with E-state index in [1.807, 2.05) is 0 Å². The van der Waals surface area contributed by atoms with Gasteiger partial charge in [0, 0.05) is 24.3 Å². The van der Waals surface area contributed by atoms with Gasteiger partial charge in [0.05, 0.1) is 15.6 Å². The van der Waals surface area contributed by atoms with E-state index in [1.165, 1.54) is 24.3 Å². The van der Waals surface area contributed by atoms with Crippen molar-refractivity contribution in [3.63, 3.8) is 0 Å². The minimum absolute atomic E-state index is 0.0262. The molecule has 1 heterocycles. The number of halogens is 1.